The Morgan fingerprint density at radius 3 is 2.42 bits per heavy atom. The standard InChI is InChI=1S/C20H17O.2ClH.Zr/c21-12-11-16-13-15-6-2-4-8-18(15)20(16)19-10-9-14-5-1-3-7-17(14)19;;;/h1-10,13,20-21H,11-12H2;2*1H;/q-1;;;+3/p-2. The second kappa shape index (κ2) is 9.06. The monoisotopic (exact) mass is 433 g/mol. The van der Waals surface area contributed by atoms with Crippen LogP contribution in [-0.4, -0.2) is 11.7 Å². The van der Waals surface area contributed by atoms with E-state index in [4.69, 9.17) is 0 Å². The number of rotatable bonds is 3. The second-order valence-corrected chi connectivity index (χ2v) is 5.63. The van der Waals surface area contributed by atoms with Crippen molar-refractivity contribution in [1.82, 2.24) is 0 Å². The third kappa shape index (κ3) is 3.58. The van der Waals surface area contributed by atoms with E-state index in [0.717, 1.165) is 6.42 Å². The quantitative estimate of drug-likeness (QED) is 0.496. The molecule has 0 saturated heterocycles. The Morgan fingerprint density at radius 1 is 0.917 bits per heavy atom. The van der Waals surface area contributed by atoms with Crippen LogP contribution in [-0.2, 0) is 26.2 Å². The van der Waals surface area contributed by atoms with Gasteiger partial charge in [-0.2, -0.15) is 6.07 Å². The predicted molar refractivity (Wildman–Crippen MR) is 87.5 cm³/mol. The Labute approximate surface area is 174 Å². The van der Waals surface area contributed by atoms with Crippen molar-refractivity contribution < 1.29 is 56.1 Å². The summed E-state index contributed by atoms with van der Waals surface area (Å²) in [7, 11) is 0. The van der Waals surface area contributed by atoms with E-state index in [0.29, 0.717) is 0 Å². The third-order valence-electron chi connectivity index (χ3n) is 4.44. The van der Waals surface area contributed by atoms with Gasteiger partial charge in [-0.05, 0) is 23.5 Å². The SMILES string of the molecule is OCCC1=Cc2ccccc2C1[c-]1ccc2ccccc21.[Cl-].[Cl-].[Zr+3]. The van der Waals surface area contributed by atoms with Crippen molar-refractivity contribution in [1.29, 1.82) is 0 Å². The molecule has 4 heteroatoms. The van der Waals surface area contributed by atoms with Crippen molar-refractivity contribution in [3.63, 3.8) is 0 Å². The maximum absolute atomic E-state index is 9.39. The number of hydrogen-bond acceptors (Lipinski definition) is 1. The fourth-order valence-electron chi connectivity index (χ4n) is 3.53. The molecule has 0 fully saturated rings. The molecule has 1 unspecified atom stereocenters. The molecule has 0 spiro atoms. The van der Waals surface area contributed by atoms with E-state index in [1.54, 1.807) is 0 Å². The van der Waals surface area contributed by atoms with Gasteiger partial charge in [-0.15, -0.1) is 40.6 Å². The zero-order valence-electron chi connectivity index (χ0n) is 13.0. The van der Waals surface area contributed by atoms with Crippen LogP contribution in [0.2, 0.25) is 0 Å². The maximum atomic E-state index is 9.39. The van der Waals surface area contributed by atoms with Gasteiger partial charge in [0, 0.05) is 6.61 Å². The van der Waals surface area contributed by atoms with Gasteiger partial charge in [0.2, 0.25) is 0 Å². The van der Waals surface area contributed by atoms with E-state index >= 15 is 0 Å². The van der Waals surface area contributed by atoms with Gasteiger partial charge in [-0.3, -0.25) is 0 Å². The first-order valence-electron chi connectivity index (χ1n) is 7.43. The van der Waals surface area contributed by atoms with Crippen LogP contribution < -0.4 is 24.8 Å². The molecule has 0 amide bonds. The van der Waals surface area contributed by atoms with Crippen molar-refractivity contribution in [3.8, 4) is 0 Å². The van der Waals surface area contributed by atoms with Crippen molar-refractivity contribution in [2.75, 3.05) is 6.61 Å². The number of aliphatic hydroxyl groups is 1. The molecule has 0 aliphatic heterocycles. The predicted octanol–water partition coefficient (Wildman–Crippen LogP) is -1.52. The van der Waals surface area contributed by atoms with Gasteiger partial charge >= 0.3 is 26.2 Å². The van der Waals surface area contributed by atoms with E-state index in [2.05, 4.69) is 66.7 Å². The molecule has 0 heterocycles. The van der Waals surface area contributed by atoms with Gasteiger partial charge in [0.15, 0.2) is 0 Å². The average molecular weight is 435 g/mol. The Kier molecular flexibility index (Phi) is 8.03. The molecule has 3 aromatic rings. The zero-order valence-corrected chi connectivity index (χ0v) is 17.0. The Morgan fingerprint density at radius 2 is 1.62 bits per heavy atom. The summed E-state index contributed by atoms with van der Waals surface area (Å²) < 4.78 is 0. The van der Waals surface area contributed by atoms with E-state index < -0.39 is 0 Å². The minimum atomic E-state index is 0. The fraction of sp³-hybridized carbons (Fsp3) is 0.150. The molecule has 1 N–H and O–H groups in total. The van der Waals surface area contributed by atoms with E-state index in [-0.39, 0.29) is 63.5 Å². The van der Waals surface area contributed by atoms with Crippen LogP contribution in [0.3, 0.4) is 0 Å². The minimum Gasteiger partial charge on any atom is -1.00 e. The molecular weight excluding hydrogens is 418 g/mol. The van der Waals surface area contributed by atoms with Crippen LogP contribution in [0.5, 0.6) is 0 Å². The molecule has 1 aliphatic rings. The molecule has 1 aliphatic carbocycles. The van der Waals surface area contributed by atoms with Gasteiger partial charge in [0.1, 0.15) is 0 Å². The molecule has 3 aromatic carbocycles. The van der Waals surface area contributed by atoms with Crippen molar-refractivity contribution >= 4 is 16.8 Å². The summed E-state index contributed by atoms with van der Waals surface area (Å²) in [6.07, 6.45) is 2.98. The summed E-state index contributed by atoms with van der Waals surface area (Å²) in [4.78, 5) is 0. The molecule has 1 radical (unpaired) electrons. The Bertz CT molecular complexity index is 838. The van der Waals surface area contributed by atoms with Crippen molar-refractivity contribution in [2.45, 2.75) is 12.3 Å². The number of hydrogen-bond donors (Lipinski definition) is 1. The number of benzene rings is 2. The minimum absolute atomic E-state index is 0. The number of fused-ring (bicyclic) bond motifs is 2. The first kappa shape index (κ1) is 21.3. The van der Waals surface area contributed by atoms with Crippen LogP contribution >= 0.6 is 0 Å². The number of halogens is 2. The van der Waals surface area contributed by atoms with Gasteiger partial charge in [-0.25, -0.2) is 0 Å². The molecule has 1 atom stereocenters. The van der Waals surface area contributed by atoms with Crippen LogP contribution in [0, 0.1) is 0 Å². The average Bonchev–Trinajstić information content (AvgIpc) is 3.08. The van der Waals surface area contributed by atoms with Crippen LogP contribution in [0.15, 0.2) is 66.2 Å². The van der Waals surface area contributed by atoms with E-state index in [1.165, 1.54) is 33.0 Å². The Balaban J connectivity index is 0.000000960. The third-order valence-corrected chi connectivity index (χ3v) is 4.44. The maximum Gasteiger partial charge on any atom is 3.00 e. The van der Waals surface area contributed by atoms with E-state index in [9.17, 15) is 5.11 Å². The summed E-state index contributed by atoms with van der Waals surface area (Å²) in [5.41, 5.74) is 5.32. The van der Waals surface area contributed by atoms with Gasteiger partial charge in [-0.1, -0.05) is 42.0 Å². The second-order valence-electron chi connectivity index (χ2n) is 5.63. The molecule has 24 heavy (non-hydrogen) atoms. The zero-order chi connectivity index (χ0) is 14.2. The first-order chi connectivity index (χ1) is 10.4. The Hall–Kier alpha value is -0.787. The molecule has 121 valence electrons. The molecule has 0 aromatic heterocycles. The van der Waals surface area contributed by atoms with Gasteiger partial charge in [0.25, 0.3) is 0 Å². The molecular formula is C20H17Cl2OZr. The fourth-order valence-corrected chi connectivity index (χ4v) is 3.53. The van der Waals surface area contributed by atoms with Crippen LogP contribution in [0.4, 0.5) is 0 Å². The molecule has 1 nitrogen and oxygen atoms in total. The van der Waals surface area contributed by atoms with E-state index in [1.807, 2.05) is 0 Å². The molecule has 0 saturated carbocycles. The topological polar surface area (TPSA) is 20.2 Å². The van der Waals surface area contributed by atoms with Gasteiger partial charge < -0.3 is 29.9 Å². The molecule has 0 bridgehead atoms. The van der Waals surface area contributed by atoms with Crippen molar-refractivity contribution in [2.24, 2.45) is 0 Å². The van der Waals surface area contributed by atoms with Crippen molar-refractivity contribution in [3.05, 3.63) is 82.9 Å². The summed E-state index contributed by atoms with van der Waals surface area (Å²) >= 11 is 0. The van der Waals surface area contributed by atoms with Crippen LogP contribution in [0.25, 0.3) is 16.8 Å². The summed E-state index contributed by atoms with van der Waals surface area (Å²) in [6.45, 7) is 0.203. The smallest absolute Gasteiger partial charge is 1.00 e. The van der Waals surface area contributed by atoms with Crippen LogP contribution in [0.1, 0.15) is 29.0 Å². The summed E-state index contributed by atoms with van der Waals surface area (Å²) in [6, 6.07) is 21.5. The molecule has 4 rings (SSSR count). The summed E-state index contributed by atoms with van der Waals surface area (Å²) in [5, 5.41) is 12.0. The summed E-state index contributed by atoms with van der Waals surface area (Å²) in [5.74, 6) is 0.285. The number of aliphatic hydroxyl groups excluding tert-OH is 1. The normalized spacial score (nSPS) is 14.9. The van der Waals surface area contributed by atoms with Gasteiger partial charge in [0.05, 0.1) is 0 Å². The largest absolute Gasteiger partial charge is 3.00 e. The first-order valence-corrected chi connectivity index (χ1v) is 7.43.